The zero-order chi connectivity index (χ0) is 20.1. The van der Waals surface area contributed by atoms with Crippen LogP contribution in [0.2, 0.25) is 0 Å². The quantitative estimate of drug-likeness (QED) is 0.697. The summed E-state index contributed by atoms with van der Waals surface area (Å²) in [5.41, 5.74) is -1.10. The summed E-state index contributed by atoms with van der Waals surface area (Å²) in [5.74, 6) is -2.89. The van der Waals surface area contributed by atoms with Gasteiger partial charge in [0.25, 0.3) is 5.91 Å². The number of benzene rings is 2. The van der Waals surface area contributed by atoms with Crippen LogP contribution in [-0.2, 0) is 16.9 Å². The van der Waals surface area contributed by atoms with Crippen LogP contribution in [0.15, 0.2) is 51.7 Å². The summed E-state index contributed by atoms with van der Waals surface area (Å²) in [4.78, 5) is 38.1. The molecule has 1 aliphatic rings. The summed E-state index contributed by atoms with van der Waals surface area (Å²) in [6.45, 7) is 1.17. The highest BCUT2D eigenvalue weighted by atomic mass is 19.1. The second-order valence-electron chi connectivity index (χ2n) is 6.62. The molecular formula is C19H15F2N3O4. The van der Waals surface area contributed by atoms with Crippen LogP contribution in [0.1, 0.15) is 12.5 Å². The molecule has 144 valence electrons. The minimum Gasteiger partial charge on any atom is -0.408 e. The molecule has 1 aromatic heterocycles. The van der Waals surface area contributed by atoms with Gasteiger partial charge in [0, 0.05) is 18.7 Å². The van der Waals surface area contributed by atoms with Gasteiger partial charge in [0.2, 0.25) is 0 Å². The van der Waals surface area contributed by atoms with Crippen LogP contribution in [0.25, 0.3) is 11.1 Å². The van der Waals surface area contributed by atoms with Crippen molar-refractivity contribution in [2.75, 3.05) is 6.54 Å². The molecule has 2 heterocycles. The molecule has 3 aromatic rings. The van der Waals surface area contributed by atoms with E-state index in [2.05, 4.69) is 5.32 Å². The highest BCUT2D eigenvalue weighted by Gasteiger charge is 2.50. The Hall–Kier alpha value is -3.49. The van der Waals surface area contributed by atoms with Crippen LogP contribution in [0.4, 0.5) is 13.6 Å². The summed E-state index contributed by atoms with van der Waals surface area (Å²) in [5, 5.41) is 2.42. The molecule has 1 atom stereocenters. The fourth-order valence-electron chi connectivity index (χ4n) is 3.39. The van der Waals surface area contributed by atoms with Gasteiger partial charge in [-0.1, -0.05) is 12.1 Å². The molecule has 0 bridgehead atoms. The van der Waals surface area contributed by atoms with E-state index in [1.165, 1.54) is 11.5 Å². The molecule has 0 saturated carbocycles. The zero-order valence-corrected chi connectivity index (χ0v) is 14.7. The van der Waals surface area contributed by atoms with Crippen molar-refractivity contribution in [3.8, 4) is 0 Å². The third-order valence-electron chi connectivity index (χ3n) is 4.86. The number of carbonyl (C=O) groups is 2. The molecule has 4 rings (SSSR count). The topological polar surface area (TPSA) is 84.6 Å². The SMILES string of the molecule is CC1(c2cc(F)ccc2F)NC(=O)N(CCn2c(=O)oc3ccccc32)C1=O. The highest BCUT2D eigenvalue weighted by molar-refractivity contribution is 6.07. The van der Waals surface area contributed by atoms with Crippen LogP contribution in [0.5, 0.6) is 0 Å². The minimum absolute atomic E-state index is 0.00325. The van der Waals surface area contributed by atoms with Gasteiger partial charge in [-0.25, -0.2) is 18.4 Å². The number of hydrogen-bond donors (Lipinski definition) is 1. The highest BCUT2D eigenvalue weighted by Crippen LogP contribution is 2.31. The van der Waals surface area contributed by atoms with E-state index in [0.717, 1.165) is 23.1 Å². The molecule has 9 heteroatoms. The van der Waals surface area contributed by atoms with Crippen molar-refractivity contribution in [1.29, 1.82) is 0 Å². The number of halogens is 2. The van der Waals surface area contributed by atoms with Gasteiger partial charge in [0.05, 0.1) is 5.52 Å². The molecule has 1 unspecified atom stereocenters. The molecule has 7 nitrogen and oxygen atoms in total. The summed E-state index contributed by atoms with van der Waals surface area (Å²) in [6.07, 6.45) is 0. The van der Waals surface area contributed by atoms with Crippen LogP contribution < -0.4 is 11.1 Å². The van der Waals surface area contributed by atoms with Crippen LogP contribution in [0, 0.1) is 11.6 Å². The first-order chi connectivity index (χ1) is 13.3. The smallest absolute Gasteiger partial charge is 0.408 e. The fraction of sp³-hybridized carbons (Fsp3) is 0.211. The third kappa shape index (κ3) is 2.67. The van der Waals surface area contributed by atoms with Gasteiger partial charge < -0.3 is 9.73 Å². The number of carbonyl (C=O) groups excluding carboxylic acids is 2. The van der Waals surface area contributed by atoms with Crippen LogP contribution in [0.3, 0.4) is 0 Å². The number of fused-ring (bicyclic) bond motifs is 1. The minimum atomic E-state index is -1.74. The lowest BCUT2D eigenvalue weighted by Gasteiger charge is -2.22. The van der Waals surface area contributed by atoms with Gasteiger partial charge in [0.15, 0.2) is 5.58 Å². The van der Waals surface area contributed by atoms with Crippen molar-refractivity contribution in [3.63, 3.8) is 0 Å². The number of hydrogen-bond acceptors (Lipinski definition) is 4. The van der Waals surface area contributed by atoms with E-state index in [4.69, 9.17) is 4.42 Å². The zero-order valence-electron chi connectivity index (χ0n) is 14.7. The number of nitrogens with one attached hydrogen (secondary N) is 1. The van der Waals surface area contributed by atoms with Crippen molar-refractivity contribution < 1.29 is 22.8 Å². The van der Waals surface area contributed by atoms with Crippen molar-refractivity contribution in [3.05, 3.63) is 70.2 Å². The normalized spacial score (nSPS) is 19.5. The number of imide groups is 1. The Balaban J connectivity index is 1.62. The summed E-state index contributed by atoms with van der Waals surface area (Å²) >= 11 is 0. The largest absolute Gasteiger partial charge is 0.420 e. The Morgan fingerprint density at radius 3 is 2.61 bits per heavy atom. The summed E-state index contributed by atoms with van der Waals surface area (Å²) < 4.78 is 34.2. The van der Waals surface area contributed by atoms with E-state index in [9.17, 15) is 23.2 Å². The molecule has 1 saturated heterocycles. The van der Waals surface area contributed by atoms with E-state index in [0.29, 0.717) is 11.1 Å². The first-order valence-corrected chi connectivity index (χ1v) is 8.49. The fourth-order valence-corrected chi connectivity index (χ4v) is 3.39. The van der Waals surface area contributed by atoms with E-state index < -0.39 is 34.9 Å². The Bertz CT molecular complexity index is 1170. The van der Waals surface area contributed by atoms with E-state index in [-0.39, 0.29) is 18.7 Å². The molecule has 1 fully saturated rings. The van der Waals surface area contributed by atoms with Crippen LogP contribution in [-0.4, -0.2) is 28.0 Å². The van der Waals surface area contributed by atoms with Gasteiger partial charge in [-0.2, -0.15) is 0 Å². The molecule has 2 aromatic carbocycles. The molecule has 0 spiro atoms. The lowest BCUT2D eigenvalue weighted by molar-refractivity contribution is -0.131. The Kier molecular flexibility index (Phi) is 4.02. The maximum absolute atomic E-state index is 14.2. The average Bonchev–Trinajstić information content (AvgIpc) is 3.09. The maximum Gasteiger partial charge on any atom is 0.420 e. The number of oxazole rings is 1. The average molecular weight is 387 g/mol. The second kappa shape index (κ2) is 6.29. The van der Waals surface area contributed by atoms with E-state index in [1.807, 2.05) is 0 Å². The van der Waals surface area contributed by atoms with E-state index in [1.54, 1.807) is 24.3 Å². The van der Waals surface area contributed by atoms with Gasteiger partial charge in [-0.3, -0.25) is 14.3 Å². The first-order valence-electron chi connectivity index (χ1n) is 8.49. The van der Waals surface area contributed by atoms with Gasteiger partial charge >= 0.3 is 11.8 Å². The standard InChI is InChI=1S/C19H15F2N3O4/c1-19(12-10-11(20)6-7-13(12)21)16(25)24(17(26)22-19)9-8-23-14-4-2-3-5-15(14)28-18(23)27/h2-7,10H,8-9H2,1H3,(H,22,26). The molecular weight excluding hydrogens is 372 g/mol. The predicted molar refractivity (Wildman–Crippen MR) is 94.4 cm³/mol. The number of para-hydroxylation sites is 2. The first kappa shape index (κ1) is 17.9. The Morgan fingerprint density at radius 2 is 1.82 bits per heavy atom. The number of aromatic nitrogens is 1. The Morgan fingerprint density at radius 1 is 1.07 bits per heavy atom. The molecule has 1 aliphatic heterocycles. The van der Waals surface area contributed by atoms with Gasteiger partial charge in [-0.15, -0.1) is 0 Å². The van der Waals surface area contributed by atoms with E-state index >= 15 is 0 Å². The number of urea groups is 1. The number of amides is 3. The van der Waals surface area contributed by atoms with Crippen LogP contribution >= 0.6 is 0 Å². The van der Waals surface area contributed by atoms with Crippen molar-refractivity contribution in [1.82, 2.24) is 14.8 Å². The number of rotatable bonds is 4. The molecule has 28 heavy (non-hydrogen) atoms. The lowest BCUT2D eigenvalue weighted by atomic mass is 9.91. The predicted octanol–water partition coefficient (Wildman–Crippen LogP) is 2.34. The van der Waals surface area contributed by atoms with Crippen molar-refractivity contribution in [2.24, 2.45) is 0 Å². The number of nitrogens with zero attached hydrogens (tertiary/aromatic N) is 2. The second-order valence-corrected chi connectivity index (χ2v) is 6.62. The lowest BCUT2D eigenvalue weighted by Crippen LogP contribution is -2.42. The maximum atomic E-state index is 14.2. The van der Waals surface area contributed by atoms with Gasteiger partial charge in [-0.05, 0) is 37.3 Å². The van der Waals surface area contributed by atoms with Crippen molar-refractivity contribution in [2.45, 2.75) is 19.0 Å². The van der Waals surface area contributed by atoms with Gasteiger partial charge in [0.1, 0.15) is 17.2 Å². The summed E-state index contributed by atoms with van der Waals surface area (Å²) in [6, 6.07) is 8.70. The molecule has 0 radical (unpaired) electrons. The molecule has 1 N–H and O–H groups in total. The molecule has 0 aliphatic carbocycles. The van der Waals surface area contributed by atoms with Crippen molar-refractivity contribution >= 4 is 23.0 Å². The summed E-state index contributed by atoms with van der Waals surface area (Å²) in [7, 11) is 0. The monoisotopic (exact) mass is 387 g/mol. The third-order valence-corrected chi connectivity index (χ3v) is 4.86. The molecule has 3 amide bonds. The Labute approximate surface area is 157 Å².